The highest BCUT2D eigenvalue weighted by molar-refractivity contribution is 5.80. The molecule has 1 aliphatic heterocycles. The van der Waals surface area contributed by atoms with Crippen LogP contribution in [0.5, 0.6) is 0 Å². The Morgan fingerprint density at radius 2 is 2.31 bits per heavy atom. The average Bonchev–Trinajstić information content (AvgIpc) is 2.30. The molecule has 0 amide bonds. The normalized spacial score (nSPS) is 26.3. The van der Waals surface area contributed by atoms with Crippen LogP contribution in [0.25, 0.3) is 0 Å². The van der Waals surface area contributed by atoms with Gasteiger partial charge in [0.1, 0.15) is 0 Å². The Balaban J connectivity index is 2.42. The van der Waals surface area contributed by atoms with Crippen molar-refractivity contribution in [3.8, 4) is 0 Å². The van der Waals surface area contributed by atoms with Gasteiger partial charge in [-0.1, -0.05) is 26.7 Å². The van der Waals surface area contributed by atoms with Crippen LogP contribution in [-0.4, -0.2) is 11.9 Å². The van der Waals surface area contributed by atoms with E-state index in [1.807, 2.05) is 0 Å². The molecule has 0 spiro atoms. The van der Waals surface area contributed by atoms with Crippen LogP contribution in [0.4, 0.5) is 0 Å². The number of nitrogens with two attached hydrogens (primary N) is 1. The Kier molecular flexibility index (Phi) is 4.26. The Labute approximate surface area is 81.6 Å². The highest BCUT2D eigenvalue weighted by Crippen LogP contribution is 2.20. The molecule has 2 heteroatoms. The summed E-state index contributed by atoms with van der Waals surface area (Å²) in [5.41, 5.74) is 5.79. The molecule has 13 heavy (non-hydrogen) atoms. The monoisotopic (exact) mass is 182 g/mol. The van der Waals surface area contributed by atoms with Crippen LogP contribution in [-0.2, 0) is 0 Å². The third-order valence-electron chi connectivity index (χ3n) is 2.94. The molecule has 2 unspecified atom stereocenters. The molecule has 2 nitrogen and oxygen atoms in total. The summed E-state index contributed by atoms with van der Waals surface area (Å²) in [4.78, 5) is 4.56. The number of hydrogen-bond acceptors (Lipinski definition) is 2. The fourth-order valence-corrected chi connectivity index (χ4v) is 1.85. The Bertz CT molecular complexity index is 175. The molecule has 2 atom stereocenters. The van der Waals surface area contributed by atoms with E-state index < -0.39 is 0 Å². The molecular weight excluding hydrogens is 160 g/mol. The predicted molar refractivity (Wildman–Crippen MR) is 58.0 cm³/mol. The second-order valence-electron chi connectivity index (χ2n) is 4.27. The summed E-state index contributed by atoms with van der Waals surface area (Å²) >= 11 is 0. The average molecular weight is 182 g/mol. The van der Waals surface area contributed by atoms with Crippen LogP contribution in [0, 0.1) is 5.92 Å². The maximum atomic E-state index is 5.79. The molecule has 2 N–H and O–H groups in total. The number of amidine groups is 1. The number of nitrogens with zero attached hydrogens (tertiary/aromatic N) is 1. The fourth-order valence-electron chi connectivity index (χ4n) is 1.85. The van der Waals surface area contributed by atoms with Crippen molar-refractivity contribution in [3.05, 3.63) is 0 Å². The van der Waals surface area contributed by atoms with Crippen molar-refractivity contribution < 1.29 is 0 Å². The minimum Gasteiger partial charge on any atom is -0.387 e. The van der Waals surface area contributed by atoms with Gasteiger partial charge in [-0.15, -0.1) is 0 Å². The van der Waals surface area contributed by atoms with Gasteiger partial charge in [-0.2, -0.15) is 0 Å². The van der Waals surface area contributed by atoms with E-state index >= 15 is 0 Å². The lowest BCUT2D eigenvalue weighted by molar-refractivity contribution is 0.433. The van der Waals surface area contributed by atoms with E-state index in [1.165, 1.54) is 32.1 Å². The number of rotatable bonds is 3. The SMILES string of the molecule is CCC(C)CC1CCCCC(N)=N1. The molecule has 76 valence electrons. The lowest BCUT2D eigenvalue weighted by atomic mass is 9.97. The zero-order chi connectivity index (χ0) is 9.68. The maximum absolute atomic E-state index is 5.79. The van der Waals surface area contributed by atoms with Gasteiger partial charge in [-0.05, 0) is 25.2 Å². The molecule has 0 aromatic heterocycles. The zero-order valence-corrected chi connectivity index (χ0v) is 8.92. The van der Waals surface area contributed by atoms with Crippen molar-refractivity contribution in [2.75, 3.05) is 0 Å². The first-order valence-electron chi connectivity index (χ1n) is 5.54. The van der Waals surface area contributed by atoms with Gasteiger partial charge in [0, 0.05) is 6.42 Å². The molecule has 1 rings (SSSR count). The number of hydrogen-bond donors (Lipinski definition) is 1. The Hall–Kier alpha value is -0.530. The van der Waals surface area contributed by atoms with E-state index in [1.54, 1.807) is 0 Å². The lowest BCUT2D eigenvalue weighted by Gasteiger charge is -2.15. The van der Waals surface area contributed by atoms with E-state index in [4.69, 9.17) is 5.73 Å². The quantitative estimate of drug-likeness (QED) is 0.716. The molecular formula is C11H22N2. The summed E-state index contributed by atoms with van der Waals surface area (Å²) in [7, 11) is 0. The molecule has 0 aliphatic carbocycles. The van der Waals surface area contributed by atoms with Crippen molar-refractivity contribution in [2.24, 2.45) is 16.6 Å². The van der Waals surface area contributed by atoms with E-state index in [-0.39, 0.29) is 0 Å². The van der Waals surface area contributed by atoms with Crippen LogP contribution < -0.4 is 5.73 Å². The first-order valence-corrected chi connectivity index (χ1v) is 5.54. The number of aliphatic imine (C=N–C) groups is 1. The third kappa shape index (κ3) is 3.79. The van der Waals surface area contributed by atoms with E-state index in [0.29, 0.717) is 6.04 Å². The fraction of sp³-hybridized carbons (Fsp3) is 0.909. The Morgan fingerprint density at radius 1 is 1.54 bits per heavy atom. The topological polar surface area (TPSA) is 38.4 Å². The summed E-state index contributed by atoms with van der Waals surface area (Å²) in [5.74, 6) is 1.67. The van der Waals surface area contributed by atoms with E-state index in [2.05, 4.69) is 18.8 Å². The van der Waals surface area contributed by atoms with Crippen molar-refractivity contribution in [1.82, 2.24) is 0 Å². The molecule has 1 aliphatic rings. The zero-order valence-electron chi connectivity index (χ0n) is 8.92. The molecule has 0 saturated heterocycles. The van der Waals surface area contributed by atoms with Gasteiger partial charge in [0.2, 0.25) is 0 Å². The molecule has 0 aromatic carbocycles. The summed E-state index contributed by atoms with van der Waals surface area (Å²) < 4.78 is 0. The second kappa shape index (κ2) is 5.25. The highest BCUT2D eigenvalue weighted by Gasteiger charge is 2.14. The summed E-state index contributed by atoms with van der Waals surface area (Å²) in [5, 5.41) is 0. The second-order valence-corrected chi connectivity index (χ2v) is 4.27. The standard InChI is InChI=1S/C11H22N2/c1-3-9(2)8-10-6-4-5-7-11(12)13-10/h9-10H,3-8H2,1-2H3,(H2,12,13). The van der Waals surface area contributed by atoms with Gasteiger partial charge in [-0.3, -0.25) is 4.99 Å². The van der Waals surface area contributed by atoms with Gasteiger partial charge >= 0.3 is 0 Å². The minimum atomic E-state index is 0.512. The molecule has 0 saturated carbocycles. The molecule has 1 heterocycles. The smallest absolute Gasteiger partial charge is 0.0940 e. The van der Waals surface area contributed by atoms with Gasteiger partial charge in [0.05, 0.1) is 11.9 Å². The van der Waals surface area contributed by atoms with Gasteiger partial charge in [0.25, 0.3) is 0 Å². The minimum absolute atomic E-state index is 0.512. The Morgan fingerprint density at radius 3 is 3.00 bits per heavy atom. The largest absolute Gasteiger partial charge is 0.387 e. The van der Waals surface area contributed by atoms with Crippen molar-refractivity contribution in [1.29, 1.82) is 0 Å². The highest BCUT2D eigenvalue weighted by atomic mass is 14.9. The summed E-state index contributed by atoms with van der Waals surface area (Å²) in [6, 6.07) is 0.512. The van der Waals surface area contributed by atoms with Gasteiger partial charge < -0.3 is 5.73 Å². The first kappa shape index (κ1) is 10.6. The van der Waals surface area contributed by atoms with Crippen LogP contribution in [0.1, 0.15) is 52.4 Å². The van der Waals surface area contributed by atoms with Crippen LogP contribution in [0.2, 0.25) is 0 Å². The maximum Gasteiger partial charge on any atom is 0.0940 e. The van der Waals surface area contributed by atoms with Gasteiger partial charge in [-0.25, -0.2) is 0 Å². The van der Waals surface area contributed by atoms with Crippen LogP contribution >= 0.6 is 0 Å². The molecule has 0 aromatic rings. The van der Waals surface area contributed by atoms with Crippen molar-refractivity contribution in [2.45, 2.75) is 58.4 Å². The molecule has 0 radical (unpaired) electrons. The first-order chi connectivity index (χ1) is 6.22. The molecule has 0 bridgehead atoms. The van der Waals surface area contributed by atoms with Crippen molar-refractivity contribution in [3.63, 3.8) is 0 Å². The predicted octanol–water partition coefficient (Wildman–Crippen LogP) is 2.72. The van der Waals surface area contributed by atoms with E-state index in [9.17, 15) is 0 Å². The third-order valence-corrected chi connectivity index (χ3v) is 2.94. The summed E-state index contributed by atoms with van der Waals surface area (Å²) in [6.07, 6.45) is 7.25. The van der Waals surface area contributed by atoms with Crippen LogP contribution in [0.15, 0.2) is 4.99 Å². The molecule has 0 fully saturated rings. The lowest BCUT2D eigenvalue weighted by Crippen LogP contribution is -2.15. The van der Waals surface area contributed by atoms with Crippen molar-refractivity contribution >= 4 is 5.84 Å². The van der Waals surface area contributed by atoms with Gasteiger partial charge in [0.15, 0.2) is 0 Å². The van der Waals surface area contributed by atoms with Crippen LogP contribution in [0.3, 0.4) is 0 Å². The van der Waals surface area contributed by atoms with E-state index in [0.717, 1.165) is 18.2 Å². The summed E-state index contributed by atoms with van der Waals surface area (Å²) in [6.45, 7) is 4.55.